The van der Waals surface area contributed by atoms with Gasteiger partial charge in [0.25, 0.3) is 0 Å². The van der Waals surface area contributed by atoms with Crippen LogP contribution in [0.1, 0.15) is 25.7 Å². The smallest absolute Gasteiger partial charge is 0.119 e. The molecule has 1 aliphatic rings. The summed E-state index contributed by atoms with van der Waals surface area (Å²) >= 11 is 0. The van der Waals surface area contributed by atoms with Crippen LogP contribution in [0.25, 0.3) is 0 Å². The van der Waals surface area contributed by atoms with E-state index in [0.717, 1.165) is 30.7 Å². The highest BCUT2D eigenvalue weighted by Crippen LogP contribution is 2.27. The second-order valence-corrected chi connectivity index (χ2v) is 4.73. The second kappa shape index (κ2) is 5.41. The van der Waals surface area contributed by atoms with Crippen LogP contribution in [0, 0.1) is 0 Å². The Morgan fingerprint density at radius 1 is 1.18 bits per heavy atom. The molecule has 1 aliphatic carbocycles. The van der Waals surface area contributed by atoms with Crippen LogP contribution in [-0.2, 0) is 0 Å². The molecule has 0 amide bonds. The van der Waals surface area contributed by atoms with E-state index in [1.807, 2.05) is 24.3 Å². The molecule has 2 rings (SSSR count). The lowest BCUT2D eigenvalue weighted by Gasteiger charge is -2.36. The topological polar surface area (TPSA) is 32.7 Å². The molecule has 0 saturated heterocycles. The first kappa shape index (κ1) is 12.2. The van der Waals surface area contributed by atoms with E-state index in [0.29, 0.717) is 0 Å². The Morgan fingerprint density at radius 2 is 1.82 bits per heavy atom. The van der Waals surface area contributed by atoms with E-state index < -0.39 is 0 Å². The van der Waals surface area contributed by atoms with Crippen LogP contribution >= 0.6 is 0 Å². The molecule has 0 radical (unpaired) electrons. The summed E-state index contributed by atoms with van der Waals surface area (Å²) in [6.07, 6.45) is 4.15. The van der Waals surface area contributed by atoms with Gasteiger partial charge in [-0.2, -0.15) is 0 Å². The van der Waals surface area contributed by atoms with Crippen molar-refractivity contribution in [2.24, 2.45) is 0 Å². The van der Waals surface area contributed by atoms with Crippen molar-refractivity contribution in [3.8, 4) is 5.75 Å². The summed E-state index contributed by atoms with van der Waals surface area (Å²) in [5, 5.41) is 10.0. The Hall–Kier alpha value is -1.22. The van der Waals surface area contributed by atoms with Crippen molar-refractivity contribution in [1.29, 1.82) is 0 Å². The van der Waals surface area contributed by atoms with Crippen LogP contribution in [0.5, 0.6) is 5.75 Å². The third kappa shape index (κ3) is 2.72. The van der Waals surface area contributed by atoms with Gasteiger partial charge < -0.3 is 14.7 Å². The molecule has 0 unspecified atom stereocenters. The van der Waals surface area contributed by atoms with E-state index >= 15 is 0 Å². The predicted molar refractivity (Wildman–Crippen MR) is 69.7 cm³/mol. The highest BCUT2D eigenvalue weighted by Gasteiger charge is 2.26. The molecule has 1 saturated carbocycles. The third-order valence-electron chi connectivity index (χ3n) is 3.67. The first-order chi connectivity index (χ1) is 8.22. The van der Waals surface area contributed by atoms with Crippen LogP contribution < -0.4 is 9.64 Å². The van der Waals surface area contributed by atoms with Crippen molar-refractivity contribution in [3.63, 3.8) is 0 Å². The fourth-order valence-electron chi connectivity index (χ4n) is 2.55. The van der Waals surface area contributed by atoms with Gasteiger partial charge in [-0.3, -0.25) is 0 Å². The first-order valence-electron chi connectivity index (χ1n) is 6.27. The maximum Gasteiger partial charge on any atom is 0.119 e. The maximum absolute atomic E-state index is 10.0. The molecule has 94 valence electrons. The Bertz CT molecular complexity index is 350. The predicted octanol–water partition coefficient (Wildman–Crippen LogP) is 2.43. The van der Waals surface area contributed by atoms with Gasteiger partial charge in [-0.25, -0.2) is 0 Å². The molecule has 2 atom stereocenters. The molecule has 0 spiro atoms. The number of ether oxygens (including phenoxy) is 1. The highest BCUT2D eigenvalue weighted by atomic mass is 16.5. The number of hydrogen-bond acceptors (Lipinski definition) is 3. The Labute approximate surface area is 103 Å². The largest absolute Gasteiger partial charge is 0.497 e. The van der Waals surface area contributed by atoms with Gasteiger partial charge in [0.1, 0.15) is 5.75 Å². The zero-order chi connectivity index (χ0) is 12.3. The lowest BCUT2D eigenvalue weighted by atomic mass is 9.91. The number of nitrogens with zero attached hydrogens (tertiary/aromatic N) is 1. The van der Waals surface area contributed by atoms with Gasteiger partial charge in [0.2, 0.25) is 0 Å². The molecule has 0 aromatic heterocycles. The van der Waals surface area contributed by atoms with Crippen molar-refractivity contribution in [2.45, 2.75) is 37.8 Å². The molecule has 3 heteroatoms. The van der Waals surface area contributed by atoms with E-state index in [1.54, 1.807) is 7.11 Å². The molecule has 17 heavy (non-hydrogen) atoms. The van der Waals surface area contributed by atoms with Crippen molar-refractivity contribution in [3.05, 3.63) is 24.3 Å². The van der Waals surface area contributed by atoms with Gasteiger partial charge in [-0.05, 0) is 37.1 Å². The normalized spacial score (nSPS) is 24.4. The Morgan fingerprint density at radius 3 is 2.41 bits per heavy atom. The number of likely N-dealkylation sites (N-methyl/N-ethyl adjacent to an activating group) is 1. The van der Waals surface area contributed by atoms with Gasteiger partial charge >= 0.3 is 0 Å². The van der Waals surface area contributed by atoms with E-state index in [1.165, 1.54) is 6.42 Å². The average Bonchev–Trinajstić information content (AvgIpc) is 2.39. The monoisotopic (exact) mass is 235 g/mol. The molecule has 0 bridgehead atoms. The minimum atomic E-state index is -0.198. The number of methoxy groups -OCH3 is 1. The summed E-state index contributed by atoms with van der Waals surface area (Å²) in [5.41, 5.74) is 1.14. The SMILES string of the molecule is COc1ccc(N(C)[C@H]2CCCC[C@@H]2O)cc1. The fourth-order valence-corrected chi connectivity index (χ4v) is 2.55. The van der Waals surface area contributed by atoms with Crippen molar-refractivity contribution >= 4 is 5.69 Å². The summed E-state index contributed by atoms with van der Waals surface area (Å²) in [6, 6.07) is 8.25. The highest BCUT2D eigenvalue weighted by molar-refractivity contribution is 5.49. The number of rotatable bonds is 3. The van der Waals surface area contributed by atoms with Crippen molar-refractivity contribution in [1.82, 2.24) is 0 Å². The summed E-state index contributed by atoms with van der Waals surface area (Å²) < 4.78 is 5.15. The van der Waals surface area contributed by atoms with Crippen LogP contribution in [0.15, 0.2) is 24.3 Å². The Balaban J connectivity index is 2.09. The number of aliphatic hydroxyl groups excluding tert-OH is 1. The molecular weight excluding hydrogens is 214 g/mol. The quantitative estimate of drug-likeness (QED) is 0.873. The van der Waals surface area contributed by atoms with Gasteiger partial charge in [-0.1, -0.05) is 12.8 Å². The van der Waals surface area contributed by atoms with Gasteiger partial charge in [0.05, 0.1) is 19.3 Å². The van der Waals surface area contributed by atoms with E-state index in [2.05, 4.69) is 11.9 Å². The van der Waals surface area contributed by atoms with Crippen molar-refractivity contribution in [2.75, 3.05) is 19.1 Å². The molecule has 0 heterocycles. The average molecular weight is 235 g/mol. The zero-order valence-electron chi connectivity index (χ0n) is 10.6. The maximum atomic E-state index is 10.0. The number of anilines is 1. The molecule has 1 aromatic rings. The number of hydrogen-bond donors (Lipinski definition) is 1. The standard InChI is InChI=1S/C14H21NO2/c1-15(13-5-3-4-6-14(13)16)11-7-9-12(17-2)10-8-11/h7-10,13-14,16H,3-6H2,1-2H3/t13-,14-/m0/s1. The minimum Gasteiger partial charge on any atom is -0.497 e. The minimum absolute atomic E-state index is 0.198. The van der Waals surface area contributed by atoms with Crippen LogP contribution in [0.4, 0.5) is 5.69 Å². The van der Waals surface area contributed by atoms with Gasteiger partial charge in [-0.15, -0.1) is 0 Å². The molecule has 1 aromatic carbocycles. The number of aliphatic hydroxyl groups is 1. The second-order valence-electron chi connectivity index (χ2n) is 4.73. The van der Waals surface area contributed by atoms with E-state index in [4.69, 9.17) is 4.74 Å². The van der Waals surface area contributed by atoms with Crippen LogP contribution in [0.2, 0.25) is 0 Å². The van der Waals surface area contributed by atoms with Gasteiger partial charge in [0, 0.05) is 12.7 Å². The zero-order valence-corrected chi connectivity index (χ0v) is 10.6. The fraction of sp³-hybridized carbons (Fsp3) is 0.571. The Kier molecular flexibility index (Phi) is 3.89. The van der Waals surface area contributed by atoms with Crippen LogP contribution in [-0.4, -0.2) is 31.4 Å². The third-order valence-corrected chi connectivity index (χ3v) is 3.67. The van der Waals surface area contributed by atoms with E-state index in [-0.39, 0.29) is 12.1 Å². The molecule has 0 aliphatic heterocycles. The molecule has 1 fully saturated rings. The van der Waals surface area contributed by atoms with E-state index in [9.17, 15) is 5.11 Å². The van der Waals surface area contributed by atoms with Crippen LogP contribution in [0.3, 0.4) is 0 Å². The summed E-state index contributed by atoms with van der Waals surface area (Å²) in [6.45, 7) is 0. The lowest BCUT2D eigenvalue weighted by Crippen LogP contribution is -2.43. The molecule has 1 N–H and O–H groups in total. The molecular formula is C14H21NO2. The lowest BCUT2D eigenvalue weighted by molar-refractivity contribution is 0.106. The summed E-state index contributed by atoms with van der Waals surface area (Å²) in [5.74, 6) is 0.867. The summed E-state index contributed by atoms with van der Waals surface area (Å²) in [7, 11) is 3.73. The first-order valence-corrected chi connectivity index (χ1v) is 6.27. The molecule has 3 nitrogen and oxygen atoms in total. The summed E-state index contributed by atoms with van der Waals surface area (Å²) in [4.78, 5) is 2.18. The van der Waals surface area contributed by atoms with Gasteiger partial charge in [0.15, 0.2) is 0 Å². The van der Waals surface area contributed by atoms with Crippen molar-refractivity contribution < 1.29 is 9.84 Å². The number of benzene rings is 1.